The third-order valence-electron chi connectivity index (χ3n) is 5.33. The summed E-state index contributed by atoms with van der Waals surface area (Å²) in [5.41, 5.74) is 2.09. The molecule has 0 heterocycles. The molecule has 0 amide bonds. The quantitative estimate of drug-likeness (QED) is 0.603. The molecule has 2 unspecified atom stereocenters. The van der Waals surface area contributed by atoms with Crippen molar-refractivity contribution in [2.24, 2.45) is 11.8 Å². The Morgan fingerprint density at radius 3 is 1.83 bits per heavy atom. The fraction of sp³-hybridized carbons (Fsp3) is 0.818. The molecule has 0 aliphatic heterocycles. The molecule has 0 aromatic carbocycles. The topological polar surface area (TPSA) is 40.5 Å². The summed E-state index contributed by atoms with van der Waals surface area (Å²) in [5.74, 6) is 1.04. The Balaban J connectivity index is 0.000000400. The van der Waals surface area contributed by atoms with Gasteiger partial charge in [0.15, 0.2) is 0 Å². The average molecular weight is 339 g/mol. The number of aliphatic hydroxyl groups is 2. The normalized spacial score (nSPS) is 29.8. The maximum absolute atomic E-state index is 10.0. The van der Waals surface area contributed by atoms with Crippen LogP contribution in [0.4, 0.5) is 0 Å². The number of hydrogen-bond donors (Lipinski definition) is 2. The lowest BCUT2D eigenvalue weighted by atomic mass is 9.78. The van der Waals surface area contributed by atoms with Gasteiger partial charge in [0.25, 0.3) is 0 Å². The van der Waals surface area contributed by atoms with Crippen molar-refractivity contribution in [3.8, 4) is 0 Å². The Labute approximate surface area is 151 Å². The van der Waals surface area contributed by atoms with Crippen LogP contribution in [0.25, 0.3) is 0 Å². The summed E-state index contributed by atoms with van der Waals surface area (Å²) in [4.78, 5) is 0. The molecule has 2 aliphatic rings. The molecule has 0 spiro atoms. The lowest BCUT2D eigenvalue weighted by molar-refractivity contribution is -0.0140. The summed E-state index contributed by atoms with van der Waals surface area (Å²) >= 11 is 0. The first-order valence-corrected chi connectivity index (χ1v) is 9.85. The van der Waals surface area contributed by atoms with Gasteiger partial charge in [-0.05, 0) is 64.2 Å². The average Bonchev–Trinajstić information content (AvgIpc) is 2.52. The fourth-order valence-corrected chi connectivity index (χ4v) is 2.99. The highest BCUT2D eigenvalue weighted by molar-refractivity contribution is 5.11. The monoisotopic (exact) mass is 338 g/mol. The molecule has 0 saturated heterocycles. The van der Waals surface area contributed by atoms with E-state index in [9.17, 15) is 10.2 Å². The highest BCUT2D eigenvalue weighted by Crippen LogP contribution is 2.33. The van der Waals surface area contributed by atoms with Gasteiger partial charge in [-0.2, -0.15) is 0 Å². The predicted octanol–water partition coefficient (Wildman–Crippen LogP) is 6.03. The molecule has 0 aromatic rings. The van der Waals surface area contributed by atoms with Crippen LogP contribution >= 0.6 is 0 Å². The zero-order chi connectivity index (χ0) is 19.0. The number of allylic oxidation sites excluding steroid dienone is 2. The first-order chi connectivity index (χ1) is 11.1. The van der Waals surface area contributed by atoms with Crippen LogP contribution in [0.3, 0.4) is 0 Å². The molecule has 0 fully saturated rings. The molecule has 0 bridgehead atoms. The van der Waals surface area contributed by atoms with Gasteiger partial charge in [0.2, 0.25) is 0 Å². The Bertz CT molecular complexity index is 416. The number of hydrogen-bond acceptors (Lipinski definition) is 2. The summed E-state index contributed by atoms with van der Waals surface area (Å²) in [5, 5.41) is 19.7. The Kier molecular flexibility index (Phi) is 10.1. The lowest BCUT2D eigenvalue weighted by Gasteiger charge is -2.34. The summed E-state index contributed by atoms with van der Waals surface area (Å²) in [6, 6.07) is 0. The van der Waals surface area contributed by atoms with Gasteiger partial charge in [-0.3, -0.25) is 0 Å². The van der Waals surface area contributed by atoms with Crippen molar-refractivity contribution in [1.29, 1.82) is 0 Å². The first kappa shape index (κ1) is 23.4. The van der Waals surface area contributed by atoms with E-state index in [1.165, 1.54) is 11.1 Å². The van der Waals surface area contributed by atoms with Crippen LogP contribution in [-0.2, 0) is 0 Å². The summed E-state index contributed by atoms with van der Waals surface area (Å²) in [6.07, 6.45) is 10.1. The largest absolute Gasteiger partial charge is 0.390 e. The van der Waals surface area contributed by atoms with Crippen molar-refractivity contribution in [3.05, 3.63) is 23.3 Å². The smallest absolute Gasteiger partial charge is 0.0707 e. The third-order valence-corrected chi connectivity index (χ3v) is 5.33. The minimum Gasteiger partial charge on any atom is -0.390 e. The first-order valence-electron chi connectivity index (χ1n) is 9.85. The van der Waals surface area contributed by atoms with Gasteiger partial charge in [0.05, 0.1) is 11.2 Å². The number of rotatable bonds is 2. The standard InChI is InChI=1S/2C10H18O.C2H6/c1-8(2)9-4-6-10(3,11)7-5-9;1-8(2)10(11)6-4-9(3)5-7-10;1-2/h2*4,8,11H,5-7H2,1-3H3;1-2H3. The Morgan fingerprint density at radius 1 is 0.917 bits per heavy atom. The molecule has 142 valence electrons. The fourth-order valence-electron chi connectivity index (χ4n) is 2.99. The van der Waals surface area contributed by atoms with Crippen LogP contribution in [-0.4, -0.2) is 21.4 Å². The van der Waals surface area contributed by atoms with E-state index in [1.54, 1.807) is 0 Å². The van der Waals surface area contributed by atoms with E-state index in [4.69, 9.17) is 0 Å². The Hall–Kier alpha value is -0.600. The zero-order valence-corrected chi connectivity index (χ0v) is 17.4. The van der Waals surface area contributed by atoms with Crippen LogP contribution in [0.5, 0.6) is 0 Å². The Morgan fingerprint density at radius 2 is 1.50 bits per heavy atom. The summed E-state index contributed by atoms with van der Waals surface area (Å²) in [7, 11) is 0. The van der Waals surface area contributed by atoms with E-state index in [0.717, 1.165) is 38.5 Å². The van der Waals surface area contributed by atoms with E-state index in [-0.39, 0.29) is 0 Å². The molecule has 24 heavy (non-hydrogen) atoms. The SMILES string of the molecule is CC.CC(C)C1=CCC(C)(O)CC1.CC1=CCC(O)(C(C)C)CC1. The zero-order valence-electron chi connectivity index (χ0n) is 17.4. The highest BCUT2D eigenvalue weighted by atomic mass is 16.3. The molecule has 0 radical (unpaired) electrons. The van der Waals surface area contributed by atoms with Gasteiger partial charge < -0.3 is 10.2 Å². The molecule has 2 N–H and O–H groups in total. The van der Waals surface area contributed by atoms with Gasteiger partial charge in [-0.15, -0.1) is 0 Å². The van der Waals surface area contributed by atoms with Crippen molar-refractivity contribution in [2.75, 3.05) is 0 Å². The van der Waals surface area contributed by atoms with Crippen molar-refractivity contribution in [2.45, 2.75) is 105 Å². The van der Waals surface area contributed by atoms with Crippen molar-refractivity contribution in [1.82, 2.24) is 0 Å². The molecule has 2 heteroatoms. The molecular formula is C22H42O2. The van der Waals surface area contributed by atoms with Gasteiger partial charge in [0.1, 0.15) is 0 Å². The van der Waals surface area contributed by atoms with E-state index in [2.05, 4.69) is 46.8 Å². The second kappa shape index (κ2) is 10.4. The van der Waals surface area contributed by atoms with Gasteiger partial charge in [0, 0.05) is 0 Å². The van der Waals surface area contributed by atoms with Crippen LogP contribution in [0.1, 0.15) is 93.9 Å². The molecule has 2 atom stereocenters. The third kappa shape index (κ3) is 7.98. The van der Waals surface area contributed by atoms with Crippen LogP contribution < -0.4 is 0 Å². The maximum atomic E-state index is 10.0. The maximum Gasteiger partial charge on any atom is 0.0707 e. The van der Waals surface area contributed by atoms with Gasteiger partial charge >= 0.3 is 0 Å². The van der Waals surface area contributed by atoms with E-state index >= 15 is 0 Å². The van der Waals surface area contributed by atoms with Crippen LogP contribution in [0, 0.1) is 11.8 Å². The van der Waals surface area contributed by atoms with Crippen LogP contribution in [0.15, 0.2) is 23.3 Å². The second-order valence-electron chi connectivity index (χ2n) is 8.15. The summed E-state index contributed by atoms with van der Waals surface area (Å²) in [6.45, 7) is 16.7. The predicted molar refractivity (Wildman–Crippen MR) is 106 cm³/mol. The molecule has 0 aromatic heterocycles. The van der Waals surface area contributed by atoms with E-state index in [0.29, 0.717) is 11.8 Å². The lowest BCUT2D eigenvalue weighted by Crippen LogP contribution is -2.36. The minimum atomic E-state index is -0.432. The van der Waals surface area contributed by atoms with Crippen molar-refractivity contribution < 1.29 is 10.2 Å². The minimum absolute atomic E-state index is 0.381. The molecule has 2 nitrogen and oxygen atoms in total. The second-order valence-corrected chi connectivity index (χ2v) is 8.15. The van der Waals surface area contributed by atoms with Gasteiger partial charge in [-0.25, -0.2) is 0 Å². The highest BCUT2D eigenvalue weighted by Gasteiger charge is 2.31. The summed E-state index contributed by atoms with van der Waals surface area (Å²) < 4.78 is 0. The molecular weight excluding hydrogens is 296 g/mol. The van der Waals surface area contributed by atoms with E-state index in [1.807, 2.05) is 20.8 Å². The van der Waals surface area contributed by atoms with E-state index < -0.39 is 11.2 Å². The molecule has 2 rings (SSSR count). The van der Waals surface area contributed by atoms with Crippen molar-refractivity contribution >= 4 is 0 Å². The molecule has 2 aliphatic carbocycles. The van der Waals surface area contributed by atoms with Gasteiger partial charge in [-0.1, -0.05) is 64.8 Å². The molecule has 0 saturated carbocycles. The van der Waals surface area contributed by atoms with Crippen molar-refractivity contribution in [3.63, 3.8) is 0 Å². The van der Waals surface area contributed by atoms with Crippen LogP contribution in [0.2, 0.25) is 0 Å².